The summed E-state index contributed by atoms with van der Waals surface area (Å²) in [5, 5.41) is 6.10. The number of hydrogen-bond donors (Lipinski definition) is 2. The number of rotatable bonds is 4. The predicted molar refractivity (Wildman–Crippen MR) is 121 cm³/mol. The van der Waals surface area contributed by atoms with Crippen molar-refractivity contribution in [3.05, 3.63) is 58.5 Å². The average molecular weight is 423 g/mol. The third-order valence-electron chi connectivity index (χ3n) is 5.78. The van der Waals surface area contributed by atoms with E-state index in [4.69, 9.17) is 4.74 Å². The molecule has 2 unspecified atom stereocenters. The van der Waals surface area contributed by atoms with E-state index in [1.165, 1.54) is 18.2 Å². The fourth-order valence-corrected chi connectivity index (χ4v) is 4.87. The Kier molecular flexibility index (Phi) is 6.13. The Morgan fingerprint density at radius 3 is 2.67 bits per heavy atom. The van der Waals surface area contributed by atoms with E-state index >= 15 is 0 Å². The number of carbonyl (C=O) groups excluding carboxylic acids is 2. The summed E-state index contributed by atoms with van der Waals surface area (Å²) in [4.78, 5) is 26.9. The van der Waals surface area contributed by atoms with Gasteiger partial charge in [0.15, 0.2) is 0 Å². The molecule has 1 heterocycles. The summed E-state index contributed by atoms with van der Waals surface area (Å²) in [6.45, 7) is 2.20. The lowest BCUT2D eigenvalue weighted by Gasteiger charge is -2.29. The van der Waals surface area contributed by atoms with Crippen LogP contribution in [0.15, 0.2) is 52.3 Å². The molecule has 2 aromatic rings. The smallest absolute Gasteiger partial charge is 0.262 e. The first-order valence-electron chi connectivity index (χ1n) is 10.3. The number of nitrogens with one attached hydrogen (secondary N) is 2. The Hall–Kier alpha value is -2.73. The van der Waals surface area contributed by atoms with Crippen LogP contribution in [0.3, 0.4) is 0 Å². The van der Waals surface area contributed by atoms with Crippen molar-refractivity contribution in [1.82, 2.24) is 5.32 Å². The number of thioether (sulfide) groups is 1. The van der Waals surface area contributed by atoms with Crippen LogP contribution in [0, 0.1) is 5.92 Å². The van der Waals surface area contributed by atoms with Crippen LogP contribution in [0.2, 0.25) is 0 Å². The molecule has 0 saturated heterocycles. The highest BCUT2D eigenvalue weighted by Crippen LogP contribution is 2.39. The van der Waals surface area contributed by atoms with Crippen molar-refractivity contribution < 1.29 is 14.3 Å². The maximum absolute atomic E-state index is 12.7. The van der Waals surface area contributed by atoms with Gasteiger partial charge in [-0.2, -0.15) is 0 Å². The normalized spacial score (nSPS) is 22.2. The minimum atomic E-state index is -0.165. The predicted octanol–water partition coefficient (Wildman–Crippen LogP) is 5.09. The molecule has 6 heteroatoms. The van der Waals surface area contributed by atoms with E-state index in [1.54, 1.807) is 13.2 Å². The van der Waals surface area contributed by atoms with Crippen molar-refractivity contribution in [2.45, 2.75) is 43.5 Å². The first-order valence-corrected chi connectivity index (χ1v) is 11.1. The number of methoxy groups -OCH3 is 1. The summed E-state index contributed by atoms with van der Waals surface area (Å²) < 4.78 is 5.17. The fraction of sp³-hybridized carbons (Fsp3) is 0.333. The number of benzene rings is 2. The van der Waals surface area contributed by atoms with Crippen molar-refractivity contribution in [3.8, 4) is 5.75 Å². The lowest BCUT2D eigenvalue weighted by molar-refractivity contribution is -0.112. The second-order valence-corrected chi connectivity index (χ2v) is 8.97. The van der Waals surface area contributed by atoms with Gasteiger partial charge in [-0.3, -0.25) is 9.59 Å². The van der Waals surface area contributed by atoms with Gasteiger partial charge in [-0.05, 0) is 60.7 Å². The molecule has 1 saturated carbocycles. The SMILES string of the molecule is COc1ccc(/C=C2/Sc3ccc(C(=O)NC4CCCCC4C)cc3NC2=O)cc1. The van der Waals surface area contributed by atoms with Crippen molar-refractivity contribution in [2.75, 3.05) is 12.4 Å². The molecule has 0 spiro atoms. The molecule has 1 fully saturated rings. The van der Waals surface area contributed by atoms with Crippen molar-refractivity contribution in [1.29, 1.82) is 0 Å². The van der Waals surface area contributed by atoms with E-state index in [9.17, 15) is 9.59 Å². The molecule has 4 rings (SSSR count). The Labute approximate surface area is 181 Å². The minimum absolute atomic E-state index is 0.0737. The topological polar surface area (TPSA) is 67.4 Å². The molecule has 1 aliphatic heterocycles. The van der Waals surface area contributed by atoms with Gasteiger partial charge in [-0.1, -0.05) is 43.7 Å². The molecule has 2 atom stereocenters. The molecular weight excluding hydrogens is 396 g/mol. The first-order chi connectivity index (χ1) is 14.5. The summed E-state index contributed by atoms with van der Waals surface area (Å²) in [5.74, 6) is 1.04. The molecule has 0 radical (unpaired) electrons. The largest absolute Gasteiger partial charge is 0.497 e. The van der Waals surface area contributed by atoms with Gasteiger partial charge in [-0.15, -0.1) is 0 Å². The van der Waals surface area contributed by atoms with Crippen LogP contribution < -0.4 is 15.4 Å². The number of carbonyl (C=O) groups is 2. The maximum atomic E-state index is 12.7. The molecule has 30 heavy (non-hydrogen) atoms. The maximum Gasteiger partial charge on any atom is 0.262 e. The van der Waals surface area contributed by atoms with Crippen molar-refractivity contribution in [3.63, 3.8) is 0 Å². The second kappa shape index (κ2) is 8.96. The van der Waals surface area contributed by atoms with Gasteiger partial charge < -0.3 is 15.4 Å². The number of amides is 2. The first kappa shape index (κ1) is 20.5. The lowest BCUT2D eigenvalue weighted by atomic mass is 9.86. The van der Waals surface area contributed by atoms with E-state index in [-0.39, 0.29) is 17.9 Å². The lowest BCUT2D eigenvalue weighted by Crippen LogP contribution is -2.41. The molecule has 2 amide bonds. The van der Waals surface area contributed by atoms with Crippen LogP contribution in [-0.2, 0) is 4.79 Å². The Balaban J connectivity index is 1.49. The Bertz CT molecular complexity index is 984. The monoisotopic (exact) mass is 422 g/mol. The Morgan fingerprint density at radius 1 is 1.17 bits per heavy atom. The van der Waals surface area contributed by atoms with Crippen molar-refractivity contribution >= 4 is 35.3 Å². The molecule has 2 aromatic carbocycles. The van der Waals surface area contributed by atoms with Crippen LogP contribution in [0.25, 0.3) is 6.08 Å². The third-order valence-corrected chi connectivity index (χ3v) is 6.87. The van der Waals surface area contributed by atoms with E-state index in [1.807, 2.05) is 42.5 Å². The van der Waals surface area contributed by atoms with Gasteiger partial charge in [0, 0.05) is 16.5 Å². The molecule has 2 aliphatic rings. The molecule has 0 aromatic heterocycles. The average Bonchev–Trinajstić information content (AvgIpc) is 2.76. The minimum Gasteiger partial charge on any atom is -0.497 e. The summed E-state index contributed by atoms with van der Waals surface area (Å²) in [6, 6.07) is 13.3. The highest BCUT2D eigenvalue weighted by atomic mass is 32.2. The molecule has 2 N–H and O–H groups in total. The van der Waals surface area contributed by atoms with Crippen LogP contribution in [-0.4, -0.2) is 25.0 Å². The summed E-state index contributed by atoms with van der Waals surface area (Å²) in [5.41, 5.74) is 2.19. The molecule has 0 bridgehead atoms. The van der Waals surface area contributed by atoms with E-state index < -0.39 is 0 Å². The van der Waals surface area contributed by atoms with Crippen LogP contribution in [0.1, 0.15) is 48.5 Å². The fourth-order valence-electron chi connectivity index (χ4n) is 3.94. The van der Waals surface area contributed by atoms with E-state index in [0.29, 0.717) is 22.1 Å². The summed E-state index contributed by atoms with van der Waals surface area (Å²) in [7, 11) is 1.62. The highest BCUT2D eigenvalue weighted by Gasteiger charge is 2.25. The summed E-state index contributed by atoms with van der Waals surface area (Å²) >= 11 is 1.41. The molecular formula is C24H26N2O3S. The number of fused-ring (bicyclic) bond motifs is 1. The third kappa shape index (κ3) is 4.54. The van der Waals surface area contributed by atoms with Gasteiger partial charge in [0.2, 0.25) is 0 Å². The standard InChI is InChI=1S/C24H26N2O3S/c1-15-5-3-4-6-19(15)25-23(27)17-9-12-21-20(14-17)26-24(28)22(30-21)13-16-7-10-18(29-2)11-8-16/h7-15,19H,3-6H2,1-2H3,(H,25,27)(H,26,28)/b22-13+. The van der Waals surface area contributed by atoms with Gasteiger partial charge in [-0.25, -0.2) is 0 Å². The summed E-state index contributed by atoms with van der Waals surface area (Å²) in [6.07, 6.45) is 6.44. The van der Waals surface area contributed by atoms with Crippen LogP contribution >= 0.6 is 11.8 Å². The molecule has 1 aliphatic carbocycles. The molecule has 5 nitrogen and oxygen atoms in total. The second-order valence-electron chi connectivity index (χ2n) is 7.89. The van der Waals surface area contributed by atoms with Crippen LogP contribution in [0.5, 0.6) is 5.75 Å². The zero-order valence-electron chi connectivity index (χ0n) is 17.2. The quantitative estimate of drug-likeness (QED) is 0.674. The van der Waals surface area contributed by atoms with Gasteiger partial charge in [0.05, 0.1) is 17.7 Å². The zero-order chi connectivity index (χ0) is 21.1. The van der Waals surface area contributed by atoms with Gasteiger partial charge in [0.1, 0.15) is 5.75 Å². The van der Waals surface area contributed by atoms with E-state index in [0.717, 1.165) is 35.5 Å². The van der Waals surface area contributed by atoms with Gasteiger partial charge >= 0.3 is 0 Å². The zero-order valence-corrected chi connectivity index (χ0v) is 18.1. The van der Waals surface area contributed by atoms with Gasteiger partial charge in [0.25, 0.3) is 11.8 Å². The number of ether oxygens (including phenoxy) is 1. The van der Waals surface area contributed by atoms with Crippen molar-refractivity contribution in [2.24, 2.45) is 5.92 Å². The number of hydrogen-bond acceptors (Lipinski definition) is 4. The Morgan fingerprint density at radius 2 is 1.93 bits per heavy atom. The van der Waals surface area contributed by atoms with Crippen LogP contribution in [0.4, 0.5) is 5.69 Å². The highest BCUT2D eigenvalue weighted by molar-refractivity contribution is 8.04. The molecule has 156 valence electrons. The number of anilines is 1. The van der Waals surface area contributed by atoms with E-state index in [2.05, 4.69) is 17.6 Å².